The lowest BCUT2D eigenvalue weighted by molar-refractivity contribution is 0.0746. The lowest BCUT2D eigenvalue weighted by atomic mass is 10.1. The van der Waals surface area contributed by atoms with Crippen LogP contribution in [0, 0.1) is 0 Å². The second-order valence-electron chi connectivity index (χ2n) is 9.67. The molecule has 0 aromatic heterocycles. The van der Waals surface area contributed by atoms with Crippen molar-refractivity contribution < 1.29 is 17.9 Å². The highest BCUT2D eigenvalue weighted by Crippen LogP contribution is 2.22. The number of anilines is 1. The van der Waals surface area contributed by atoms with E-state index in [0.717, 1.165) is 30.1 Å². The van der Waals surface area contributed by atoms with Gasteiger partial charge in [0.05, 0.1) is 12.0 Å². The van der Waals surface area contributed by atoms with Crippen LogP contribution >= 0.6 is 0 Å². The molecule has 38 heavy (non-hydrogen) atoms. The third-order valence-corrected chi connectivity index (χ3v) is 9.21. The Morgan fingerprint density at radius 3 is 2.13 bits per heavy atom. The number of carbonyl (C=O) groups excluding carboxylic acids is 1. The maximum atomic E-state index is 13.3. The van der Waals surface area contributed by atoms with Crippen molar-refractivity contribution in [2.45, 2.75) is 11.4 Å². The van der Waals surface area contributed by atoms with Crippen LogP contribution in [-0.4, -0.2) is 87.9 Å². The van der Waals surface area contributed by atoms with Gasteiger partial charge in [-0.15, -0.1) is 0 Å². The zero-order valence-electron chi connectivity index (χ0n) is 21.7. The van der Waals surface area contributed by atoms with E-state index >= 15 is 0 Å². The Bertz CT molecular complexity index is 1330. The summed E-state index contributed by atoms with van der Waals surface area (Å²) in [7, 11) is -1.81. The number of amides is 1. The predicted octanol–water partition coefficient (Wildman–Crippen LogP) is 3.16. The van der Waals surface area contributed by atoms with Crippen LogP contribution in [0.5, 0.6) is 5.75 Å². The number of rotatable bonds is 7. The van der Waals surface area contributed by atoms with Crippen molar-refractivity contribution in [2.24, 2.45) is 0 Å². The van der Waals surface area contributed by atoms with E-state index in [1.807, 2.05) is 47.4 Å². The molecule has 2 aliphatic rings. The first-order valence-corrected chi connectivity index (χ1v) is 14.4. The summed E-state index contributed by atoms with van der Waals surface area (Å²) in [4.78, 5) is 20.1. The Morgan fingerprint density at radius 2 is 1.47 bits per heavy atom. The molecule has 0 bridgehead atoms. The van der Waals surface area contributed by atoms with Gasteiger partial charge in [0, 0.05) is 70.2 Å². The second kappa shape index (κ2) is 11.6. The molecule has 3 aromatic carbocycles. The number of piperazine rings is 2. The fraction of sp³-hybridized carbons (Fsp3) is 0.345. The molecule has 8 nitrogen and oxygen atoms in total. The van der Waals surface area contributed by atoms with Gasteiger partial charge in [-0.25, -0.2) is 8.42 Å². The number of ether oxygens (including phenoxy) is 1. The van der Waals surface area contributed by atoms with Gasteiger partial charge in [-0.1, -0.05) is 30.3 Å². The van der Waals surface area contributed by atoms with Gasteiger partial charge in [-0.3, -0.25) is 9.69 Å². The first kappa shape index (κ1) is 26.2. The van der Waals surface area contributed by atoms with Crippen LogP contribution in [0.3, 0.4) is 0 Å². The Labute approximate surface area is 225 Å². The van der Waals surface area contributed by atoms with Crippen molar-refractivity contribution in [2.75, 3.05) is 64.4 Å². The average molecular weight is 535 g/mol. The third kappa shape index (κ3) is 5.85. The molecular formula is C29H34N4O4S. The monoisotopic (exact) mass is 534 g/mol. The fourth-order valence-electron chi connectivity index (χ4n) is 5.07. The molecule has 0 spiro atoms. The molecule has 2 saturated heterocycles. The molecule has 2 aliphatic heterocycles. The molecule has 2 heterocycles. The normalized spacial score (nSPS) is 17.4. The van der Waals surface area contributed by atoms with Crippen LogP contribution in [-0.2, 0) is 16.6 Å². The summed E-state index contributed by atoms with van der Waals surface area (Å²) >= 11 is 0. The van der Waals surface area contributed by atoms with Crippen LogP contribution in [0.15, 0.2) is 83.8 Å². The Kier molecular flexibility index (Phi) is 7.97. The standard InChI is InChI=1S/C29H34N4O4S/c1-37-27-12-10-26(11-13-27)31-16-18-32(19-17-31)29(34)25-7-5-6-24(22-25)23-30-14-20-33(21-15-30)38(35,36)28-8-3-2-4-9-28/h2-13,22H,14-21,23H2,1H3. The van der Waals surface area contributed by atoms with Gasteiger partial charge in [-0.05, 0) is 54.1 Å². The molecule has 0 radical (unpaired) electrons. The van der Waals surface area contributed by atoms with Crippen LogP contribution in [0.2, 0.25) is 0 Å². The number of sulfonamides is 1. The lowest BCUT2D eigenvalue weighted by Crippen LogP contribution is -2.49. The highest BCUT2D eigenvalue weighted by molar-refractivity contribution is 7.89. The molecule has 5 rings (SSSR count). The van der Waals surface area contributed by atoms with Gasteiger partial charge in [-0.2, -0.15) is 4.31 Å². The van der Waals surface area contributed by atoms with Crippen LogP contribution in [0.1, 0.15) is 15.9 Å². The quantitative estimate of drug-likeness (QED) is 0.464. The molecule has 3 aromatic rings. The van der Waals surface area contributed by atoms with Crippen molar-refractivity contribution in [3.05, 3.63) is 90.0 Å². The van der Waals surface area contributed by atoms with Crippen LogP contribution in [0.25, 0.3) is 0 Å². The molecule has 0 atom stereocenters. The van der Waals surface area contributed by atoms with E-state index in [4.69, 9.17) is 4.74 Å². The van der Waals surface area contributed by atoms with Gasteiger partial charge in [0.25, 0.3) is 5.91 Å². The van der Waals surface area contributed by atoms with Crippen molar-refractivity contribution in [3.8, 4) is 5.75 Å². The number of carbonyl (C=O) groups is 1. The first-order valence-electron chi connectivity index (χ1n) is 13.0. The summed E-state index contributed by atoms with van der Waals surface area (Å²) in [5.74, 6) is 0.890. The van der Waals surface area contributed by atoms with Crippen LogP contribution in [0.4, 0.5) is 5.69 Å². The molecule has 0 saturated carbocycles. The Balaban J connectivity index is 1.14. The van der Waals surface area contributed by atoms with E-state index < -0.39 is 10.0 Å². The average Bonchev–Trinajstić information content (AvgIpc) is 2.98. The summed E-state index contributed by atoms with van der Waals surface area (Å²) in [6.45, 7) is 5.81. The van der Waals surface area contributed by atoms with E-state index in [1.54, 1.807) is 35.7 Å². The van der Waals surface area contributed by atoms with E-state index in [0.29, 0.717) is 56.3 Å². The molecule has 1 amide bonds. The maximum absolute atomic E-state index is 13.3. The Morgan fingerprint density at radius 1 is 0.789 bits per heavy atom. The molecule has 0 N–H and O–H groups in total. The number of methoxy groups -OCH3 is 1. The molecular weight excluding hydrogens is 500 g/mol. The minimum atomic E-state index is -3.47. The fourth-order valence-corrected chi connectivity index (χ4v) is 6.52. The van der Waals surface area contributed by atoms with Gasteiger partial charge in [0.2, 0.25) is 10.0 Å². The highest BCUT2D eigenvalue weighted by atomic mass is 32.2. The van der Waals surface area contributed by atoms with E-state index in [-0.39, 0.29) is 5.91 Å². The summed E-state index contributed by atoms with van der Waals surface area (Å²) in [6.07, 6.45) is 0. The topological polar surface area (TPSA) is 73.4 Å². The van der Waals surface area contributed by atoms with E-state index in [1.165, 1.54) is 0 Å². The number of benzene rings is 3. The largest absolute Gasteiger partial charge is 0.497 e. The van der Waals surface area contributed by atoms with Gasteiger partial charge in [0.15, 0.2) is 0 Å². The SMILES string of the molecule is COc1ccc(N2CCN(C(=O)c3cccc(CN4CCN(S(=O)(=O)c5ccccc5)CC4)c3)CC2)cc1. The summed E-state index contributed by atoms with van der Waals surface area (Å²) in [6, 6.07) is 24.4. The number of hydrogen-bond acceptors (Lipinski definition) is 6. The number of nitrogens with zero attached hydrogens (tertiary/aromatic N) is 4. The van der Waals surface area contributed by atoms with E-state index in [9.17, 15) is 13.2 Å². The minimum absolute atomic E-state index is 0.0556. The zero-order valence-corrected chi connectivity index (χ0v) is 22.5. The van der Waals surface area contributed by atoms with Crippen molar-refractivity contribution in [1.82, 2.24) is 14.1 Å². The van der Waals surface area contributed by atoms with E-state index in [2.05, 4.69) is 21.9 Å². The molecule has 9 heteroatoms. The Hall–Kier alpha value is -3.40. The minimum Gasteiger partial charge on any atom is -0.497 e. The molecule has 0 unspecified atom stereocenters. The van der Waals surface area contributed by atoms with Gasteiger partial charge >= 0.3 is 0 Å². The van der Waals surface area contributed by atoms with Crippen molar-refractivity contribution in [1.29, 1.82) is 0 Å². The van der Waals surface area contributed by atoms with Gasteiger partial charge in [0.1, 0.15) is 5.75 Å². The van der Waals surface area contributed by atoms with Gasteiger partial charge < -0.3 is 14.5 Å². The van der Waals surface area contributed by atoms with Crippen molar-refractivity contribution in [3.63, 3.8) is 0 Å². The summed E-state index contributed by atoms with van der Waals surface area (Å²) in [5.41, 5.74) is 2.90. The lowest BCUT2D eigenvalue weighted by Gasteiger charge is -2.36. The zero-order chi connectivity index (χ0) is 26.5. The van der Waals surface area contributed by atoms with Crippen molar-refractivity contribution >= 4 is 21.6 Å². The number of hydrogen-bond donors (Lipinski definition) is 0. The molecule has 200 valence electrons. The third-order valence-electron chi connectivity index (χ3n) is 7.30. The smallest absolute Gasteiger partial charge is 0.253 e. The predicted molar refractivity (Wildman–Crippen MR) is 148 cm³/mol. The summed E-state index contributed by atoms with van der Waals surface area (Å²) < 4.78 is 32.6. The summed E-state index contributed by atoms with van der Waals surface area (Å²) in [5, 5.41) is 0. The highest BCUT2D eigenvalue weighted by Gasteiger charge is 2.28. The molecule has 2 fully saturated rings. The maximum Gasteiger partial charge on any atom is 0.253 e. The second-order valence-corrected chi connectivity index (χ2v) is 11.6. The first-order chi connectivity index (χ1) is 18.4. The van der Waals surface area contributed by atoms with Crippen LogP contribution < -0.4 is 9.64 Å². The molecule has 0 aliphatic carbocycles.